The van der Waals surface area contributed by atoms with E-state index in [0.29, 0.717) is 6.42 Å². The van der Waals surface area contributed by atoms with Gasteiger partial charge in [0.1, 0.15) is 31.0 Å². The molecule has 7 nitrogen and oxygen atoms in total. The third kappa shape index (κ3) is 13.6. The highest BCUT2D eigenvalue weighted by atomic mass is 16.7. The summed E-state index contributed by atoms with van der Waals surface area (Å²) in [5.74, 6) is -0.358. The lowest BCUT2D eigenvalue weighted by molar-refractivity contribution is -0.309. The molecule has 7 heteroatoms. The molecule has 0 aromatic carbocycles. The summed E-state index contributed by atoms with van der Waals surface area (Å²) in [6.07, 6.45) is 15.2. The smallest absolute Gasteiger partial charge is 0.305 e. The van der Waals surface area contributed by atoms with Crippen molar-refractivity contribution in [3.8, 4) is 0 Å². The molecule has 1 saturated heterocycles. The molecule has 1 aliphatic heterocycles. The number of allylic oxidation sites excluding steroid dienone is 4. The van der Waals surface area contributed by atoms with E-state index in [1.165, 1.54) is 25.7 Å². The summed E-state index contributed by atoms with van der Waals surface area (Å²) in [4.78, 5) is 12.0. The van der Waals surface area contributed by atoms with E-state index in [1.807, 2.05) is 0 Å². The van der Waals surface area contributed by atoms with Crippen LogP contribution in [0.25, 0.3) is 0 Å². The van der Waals surface area contributed by atoms with Gasteiger partial charge >= 0.3 is 5.97 Å². The number of rotatable bonds is 18. The summed E-state index contributed by atoms with van der Waals surface area (Å²) in [5.41, 5.74) is 0. The maximum atomic E-state index is 12.0. The van der Waals surface area contributed by atoms with Crippen LogP contribution in [0.2, 0.25) is 0 Å². The van der Waals surface area contributed by atoms with Crippen LogP contribution in [-0.2, 0) is 19.0 Å². The average Bonchev–Trinajstić information content (AvgIpc) is 2.80. The number of aliphatic hydroxyl groups is 3. The number of aliphatic hydroxyl groups excluding tert-OH is 3. The minimum atomic E-state index is -1.43. The van der Waals surface area contributed by atoms with Gasteiger partial charge in [0.25, 0.3) is 0 Å². The van der Waals surface area contributed by atoms with Crippen LogP contribution < -0.4 is 0 Å². The normalized spacial score (nSPS) is 25.6. The molecular weight excluding hydrogens is 436 g/mol. The van der Waals surface area contributed by atoms with E-state index in [1.54, 1.807) is 13.8 Å². The fraction of sp³-hybridized carbons (Fsp3) is 0.815. The van der Waals surface area contributed by atoms with Crippen molar-refractivity contribution in [2.24, 2.45) is 0 Å². The molecule has 0 spiro atoms. The highest BCUT2D eigenvalue weighted by Gasteiger charge is 2.45. The monoisotopic (exact) mass is 484 g/mol. The first-order chi connectivity index (χ1) is 16.4. The predicted molar refractivity (Wildman–Crippen MR) is 133 cm³/mol. The van der Waals surface area contributed by atoms with Crippen molar-refractivity contribution in [2.75, 3.05) is 6.61 Å². The molecule has 1 aliphatic rings. The van der Waals surface area contributed by atoms with Gasteiger partial charge in [-0.25, -0.2) is 0 Å². The van der Waals surface area contributed by atoms with Crippen LogP contribution in [0.4, 0.5) is 0 Å². The second-order valence-electron chi connectivity index (χ2n) is 9.36. The zero-order chi connectivity index (χ0) is 25.2. The van der Waals surface area contributed by atoms with Crippen molar-refractivity contribution in [1.29, 1.82) is 0 Å². The van der Waals surface area contributed by atoms with Crippen molar-refractivity contribution in [3.63, 3.8) is 0 Å². The molecular formula is C27H48O7. The van der Waals surface area contributed by atoms with Crippen molar-refractivity contribution in [2.45, 2.75) is 135 Å². The molecule has 1 rings (SSSR count). The average molecular weight is 485 g/mol. The van der Waals surface area contributed by atoms with Gasteiger partial charge in [-0.15, -0.1) is 0 Å². The number of hydrogen-bond donors (Lipinski definition) is 3. The van der Waals surface area contributed by atoms with Crippen molar-refractivity contribution < 1.29 is 34.3 Å². The van der Waals surface area contributed by atoms with Gasteiger partial charge in [0.05, 0.1) is 6.10 Å². The minimum Gasteiger partial charge on any atom is -0.463 e. The molecule has 0 radical (unpaired) electrons. The largest absolute Gasteiger partial charge is 0.463 e. The lowest BCUT2D eigenvalue weighted by atomic mass is 9.99. The number of unbranched alkanes of at least 4 members (excludes halogenated alkanes) is 8. The highest BCUT2D eigenvalue weighted by molar-refractivity contribution is 5.69. The second kappa shape index (κ2) is 19.0. The molecule has 0 bridgehead atoms. The van der Waals surface area contributed by atoms with Gasteiger partial charge in [0.2, 0.25) is 0 Å². The standard InChI is InChI=1S/C27H48O7/c1-4-5-6-7-8-9-10-11-12-13-14-15-16-17-18-19-23(28)32-20-22-24(29)25(30)26(31)27(34-22)33-21(2)3/h8-9,11-12,21-22,24-27,29-31H,4-7,10,13-20H2,1-3H3/t22-,24-,25+,26-,27?/m1/s1. The Morgan fingerprint density at radius 3 is 2.12 bits per heavy atom. The van der Waals surface area contributed by atoms with E-state index in [0.717, 1.165) is 44.9 Å². The Balaban J connectivity index is 2.07. The molecule has 5 atom stereocenters. The van der Waals surface area contributed by atoms with Crippen LogP contribution in [0, 0.1) is 0 Å². The van der Waals surface area contributed by atoms with Crippen LogP contribution in [0.5, 0.6) is 0 Å². The molecule has 198 valence electrons. The Hall–Kier alpha value is -1.25. The van der Waals surface area contributed by atoms with Crippen LogP contribution >= 0.6 is 0 Å². The molecule has 0 aliphatic carbocycles. The first kappa shape index (κ1) is 30.8. The van der Waals surface area contributed by atoms with Gasteiger partial charge in [-0.3, -0.25) is 4.79 Å². The van der Waals surface area contributed by atoms with Crippen LogP contribution in [-0.4, -0.2) is 64.7 Å². The number of carbonyl (C=O) groups excluding carboxylic acids is 1. The summed E-state index contributed by atoms with van der Waals surface area (Å²) in [6, 6.07) is 0. The Labute approximate surface area is 206 Å². The fourth-order valence-corrected chi connectivity index (χ4v) is 3.76. The summed E-state index contributed by atoms with van der Waals surface area (Å²) in [7, 11) is 0. The SMILES string of the molecule is CCCCCC=CCC=CCCCCCCCC(=O)OC[C@H]1OC(OC(C)C)[C@H](O)[C@@H](O)[C@@H]1O. The Morgan fingerprint density at radius 1 is 0.853 bits per heavy atom. The molecule has 1 fully saturated rings. The topological polar surface area (TPSA) is 105 Å². The minimum absolute atomic E-state index is 0.192. The number of ether oxygens (including phenoxy) is 3. The van der Waals surface area contributed by atoms with E-state index in [2.05, 4.69) is 31.2 Å². The van der Waals surface area contributed by atoms with E-state index < -0.39 is 30.7 Å². The van der Waals surface area contributed by atoms with Gasteiger partial charge in [0, 0.05) is 6.42 Å². The number of esters is 1. The third-order valence-electron chi connectivity index (χ3n) is 5.81. The van der Waals surface area contributed by atoms with Crippen LogP contribution in [0.3, 0.4) is 0 Å². The van der Waals surface area contributed by atoms with Gasteiger partial charge in [-0.2, -0.15) is 0 Å². The number of carbonyl (C=O) groups is 1. The summed E-state index contributed by atoms with van der Waals surface area (Å²) >= 11 is 0. The van der Waals surface area contributed by atoms with Crippen molar-refractivity contribution >= 4 is 5.97 Å². The van der Waals surface area contributed by atoms with Gasteiger partial charge in [-0.05, 0) is 52.4 Å². The maximum absolute atomic E-state index is 12.0. The van der Waals surface area contributed by atoms with Crippen LogP contribution in [0.15, 0.2) is 24.3 Å². The van der Waals surface area contributed by atoms with Crippen molar-refractivity contribution in [3.05, 3.63) is 24.3 Å². The molecule has 34 heavy (non-hydrogen) atoms. The zero-order valence-corrected chi connectivity index (χ0v) is 21.4. The lowest BCUT2D eigenvalue weighted by Gasteiger charge is -2.40. The quantitative estimate of drug-likeness (QED) is 0.149. The molecule has 1 unspecified atom stereocenters. The molecule has 0 aromatic rings. The molecule has 0 saturated carbocycles. The van der Waals surface area contributed by atoms with E-state index in [4.69, 9.17) is 14.2 Å². The van der Waals surface area contributed by atoms with Gasteiger partial charge < -0.3 is 29.5 Å². The molecule has 0 amide bonds. The molecule has 0 aromatic heterocycles. The highest BCUT2D eigenvalue weighted by Crippen LogP contribution is 2.23. The summed E-state index contributed by atoms with van der Waals surface area (Å²) in [5, 5.41) is 30.1. The van der Waals surface area contributed by atoms with E-state index in [9.17, 15) is 20.1 Å². The van der Waals surface area contributed by atoms with Gasteiger partial charge in [-0.1, -0.05) is 63.3 Å². The maximum Gasteiger partial charge on any atom is 0.305 e. The van der Waals surface area contributed by atoms with E-state index >= 15 is 0 Å². The lowest BCUT2D eigenvalue weighted by Crippen LogP contribution is -2.59. The zero-order valence-electron chi connectivity index (χ0n) is 21.4. The van der Waals surface area contributed by atoms with Crippen LogP contribution in [0.1, 0.15) is 97.8 Å². The summed E-state index contributed by atoms with van der Waals surface area (Å²) < 4.78 is 16.2. The summed E-state index contributed by atoms with van der Waals surface area (Å²) in [6.45, 7) is 5.58. The second-order valence-corrected chi connectivity index (χ2v) is 9.36. The Bertz CT molecular complexity index is 575. The first-order valence-electron chi connectivity index (χ1n) is 13.2. The fourth-order valence-electron chi connectivity index (χ4n) is 3.76. The van der Waals surface area contributed by atoms with E-state index in [-0.39, 0.29) is 18.7 Å². The first-order valence-corrected chi connectivity index (χ1v) is 13.2. The third-order valence-corrected chi connectivity index (χ3v) is 5.81. The van der Waals surface area contributed by atoms with Crippen molar-refractivity contribution in [1.82, 2.24) is 0 Å². The van der Waals surface area contributed by atoms with Gasteiger partial charge in [0.15, 0.2) is 6.29 Å². The Morgan fingerprint density at radius 2 is 1.47 bits per heavy atom. The predicted octanol–water partition coefficient (Wildman–Crippen LogP) is 4.58. The number of hydrogen-bond acceptors (Lipinski definition) is 7. The molecule has 1 heterocycles. The molecule has 3 N–H and O–H groups in total. The Kier molecular flexibility index (Phi) is 17.2.